The van der Waals surface area contributed by atoms with E-state index in [2.05, 4.69) is 15.6 Å². The highest BCUT2D eigenvalue weighted by Crippen LogP contribution is 2.40. The van der Waals surface area contributed by atoms with Crippen LogP contribution < -0.4 is 10.6 Å². The normalized spacial score (nSPS) is 22.4. The molecule has 3 atom stereocenters. The number of carbonyl (C=O) groups is 5. The van der Waals surface area contributed by atoms with Crippen molar-refractivity contribution in [2.24, 2.45) is 4.99 Å². The Hall–Kier alpha value is -4.43. The van der Waals surface area contributed by atoms with Crippen LogP contribution in [0.2, 0.25) is 0 Å². The van der Waals surface area contributed by atoms with Gasteiger partial charge < -0.3 is 31.1 Å². The number of ketones is 1. The summed E-state index contributed by atoms with van der Waals surface area (Å²) < 4.78 is 0. The van der Waals surface area contributed by atoms with Gasteiger partial charge in [0.15, 0.2) is 6.04 Å². The van der Waals surface area contributed by atoms with Gasteiger partial charge in [0.05, 0.1) is 6.61 Å². The highest BCUT2D eigenvalue weighted by atomic mass is 32.2. The Morgan fingerprint density at radius 1 is 1.15 bits per heavy atom. The summed E-state index contributed by atoms with van der Waals surface area (Å²) in [6.07, 6.45) is 1.97. The molecule has 1 aliphatic carbocycles. The summed E-state index contributed by atoms with van der Waals surface area (Å²) in [5.41, 5.74) is -0.468. The number of fused-ring (bicyclic) bond motifs is 1. The number of rotatable bonds is 8. The largest absolute Gasteiger partial charge is 0.508 e. The zero-order valence-electron chi connectivity index (χ0n) is 20.5. The van der Waals surface area contributed by atoms with Gasteiger partial charge in [-0.15, -0.1) is 11.8 Å². The van der Waals surface area contributed by atoms with E-state index in [1.54, 1.807) is 6.92 Å². The Morgan fingerprint density at radius 2 is 1.85 bits per heavy atom. The fourth-order valence-electron chi connectivity index (χ4n) is 4.25. The van der Waals surface area contributed by atoms with Gasteiger partial charge in [0.2, 0.25) is 11.7 Å². The van der Waals surface area contributed by atoms with Gasteiger partial charge in [-0.1, -0.05) is 12.1 Å². The first-order chi connectivity index (χ1) is 18.5. The molecule has 204 valence electrons. The van der Waals surface area contributed by atoms with Crippen LogP contribution in [0.1, 0.15) is 18.5 Å². The van der Waals surface area contributed by atoms with Gasteiger partial charge in [-0.05, 0) is 42.3 Å². The number of amides is 3. The zero-order chi connectivity index (χ0) is 28.4. The second kappa shape index (κ2) is 11.1. The van der Waals surface area contributed by atoms with Crippen LogP contribution in [0.25, 0.3) is 0 Å². The van der Waals surface area contributed by atoms with Gasteiger partial charge in [-0.3, -0.25) is 29.1 Å². The van der Waals surface area contributed by atoms with E-state index >= 15 is 0 Å². The molecule has 0 unspecified atom stereocenters. The number of carboxylic acids is 1. The summed E-state index contributed by atoms with van der Waals surface area (Å²) in [5.74, 6) is -4.78. The summed E-state index contributed by atoms with van der Waals surface area (Å²) >= 11 is 1.28. The quantitative estimate of drug-likeness (QED) is 0.182. The van der Waals surface area contributed by atoms with E-state index in [0.29, 0.717) is 11.3 Å². The molecule has 1 fully saturated rings. The van der Waals surface area contributed by atoms with Crippen molar-refractivity contribution >= 4 is 46.9 Å². The molecule has 2 heterocycles. The number of β-lactam (4-membered cyclic amide) rings is 1. The molecular weight excluding hydrogens is 532 g/mol. The molecule has 4 rings (SSSR count). The van der Waals surface area contributed by atoms with Crippen molar-refractivity contribution in [1.82, 2.24) is 15.5 Å². The van der Waals surface area contributed by atoms with Crippen LogP contribution in [-0.2, 0) is 24.0 Å². The molecule has 13 nitrogen and oxygen atoms in total. The molecule has 0 spiro atoms. The topological polar surface area (TPSA) is 206 Å². The molecule has 0 saturated carbocycles. The molecule has 14 heteroatoms. The molecule has 6 N–H and O–H groups in total. The number of phenolic OH excluding ortho intramolecular Hbond substituents is 1. The van der Waals surface area contributed by atoms with Crippen LogP contribution in [-0.4, -0.2) is 90.8 Å². The number of aliphatic hydroxyl groups is 2. The average Bonchev–Trinajstić information content (AvgIpc) is 2.90. The number of thioether (sulfide) groups is 1. The van der Waals surface area contributed by atoms with Crippen LogP contribution in [0.3, 0.4) is 0 Å². The Morgan fingerprint density at radius 3 is 2.49 bits per heavy atom. The highest BCUT2D eigenvalue weighted by molar-refractivity contribution is 8.00. The molecule has 1 aromatic carbocycles. The zero-order valence-corrected chi connectivity index (χ0v) is 21.3. The summed E-state index contributed by atoms with van der Waals surface area (Å²) in [5, 5.41) is 42.8. The highest BCUT2D eigenvalue weighted by Gasteiger charge is 2.54. The Labute approximate surface area is 225 Å². The number of aliphatic carboxylic acids is 1. The van der Waals surface area contributed by atoms with Crippen molar-refractivity contribution in [2.75, 3.05) is 18.9 Å². The van der Waals surface area contributed by atoms with E-state index in [0.717, 1.165) is 17.1 Å². The van der Waals surface area contributed by atoms with Crippen LogP contribution in [0.4, 0.5) is 0 Å². The first-order valence-electron chi connectivity index (χ1n) is 11.6. The lowest BCUT2D eigenvalue weighted by molar-refractivity contribution is -0.150. The second-order valence-electron chi connectivity index (χ2n) is 8.74. The SMILES string of the molecule is CC1=C(C(=O)O)N2C(=O)[C@@H](NC(=O)[C@H](N=C3C(=O)C=CC(O)=C3C(=O)NCCO)c3ccc(O)cc3)[C@H]2SC1. The van der Waals surface area contributed by atoms with E-state index in [1.165, 1.54) is 36.0 Å². The number of aliphatic hydroxyl groups excluding tert-OH is 2. The minimum absolute atomic E-state index is 0.115. The van der Waals surface area contributed by atoms with Crippen molar-refractivity contribution < 1.29 is 44.4 Å². The van der Waals surface area contributed by atoms with Crippen molar-refractivity contribution in [3.8, 4) is 5.75 Å². The molecule has 0 bridgehead atoms. The predicted octanol–water partition coefficient (Wildman–Crippen LogP) is -0.308. The van der Waals surface area contributed by atoms with Gasteiger partial charge in [-0.2, -0.15) is 0 Å². The summed E-state index contributed by atoms with van der Waals surface area (Å²) in [6.45, 7) is 1.03. The number of aliphatic imine (C=N–C) groups is 1. The van der Waals surface area contributed by atoms with E-state index in [-0.39, 0.29) is 23.6 Å². The van der Waals surface area contributed by atoms with Gasteiger partial charge in [0.25, 0.3) is 11.8 Å². The number of hydrogen-bond acceptors (Lipinski definition) is 10. The maximum absolute atomic E-state index is 13.5. The molecule has 2 aliphatic heterocycles. The number of carboxylic acid groups (broad SMARTS) is 1. The molecular formula is C25H24N4O9S. The third-order valence-corrected chi connectivity index (χ3v) is 7.54. The third-order valence-electron chi connectivity index (χ3n) is 6.12. The van der Waals surface area contributed by atoms with Crippen LogP contribution in [0.5, 0.6) is 5.75 Å². The number of hydrogen-bond donors (Lipinski definition) is 6. The van der Waals surface area contributed by atoms with Crippen LogP contribution in [0, 0.1) is 0 Å². The predicted molar refractivity (Wildman–Crippen MR) is 138 cm³/mol. The summed E-state index contributed by atoms with van der Waals surface area (Å²) in [7, 11) is 0. The minimum atomic E-state index is -1.50. The van der Waals surface area contributed by atoms with E-state index < -0.39 is 70.6 Å². The van der Waals surface area contributed by atoms with Crippen molar-refractivity contribution in [2.45, 2.75) is 24.4 Å². The number of nitrogens with one attached hydrogen (secondary N) is 2. The van der Waals surface area contributed by atoms with Gasteiger partial charge in [0, 0.05) is 12.3 Å². The maximum atomic E-state index is 13.5. The summed E-state index contributed by atoms with van der Waals surface area (Å²) in [6, 6.07) is 2.70. The third kappa shape index (κ3) is 5.28. The first kappa shape index (κ1) is 27.6. The fourth-order valence-corrected chi connectivity index (χ4v) is 5.54. The Bertz CT molecular complexity index is 1380. The monoisotopic (exact) mass is 556 g/mol. The minimum Gasteiger partial charge on any atom is -0.508 e. The number of phenols is 1. The van der Waals surface area contributed by atoms with Crippen molar-refractivity contribution in [3.05, 3.63) is 64.6 Å². The van der Waals surface area contributed by atoms with E-state index in [1.807, 2.05) is 0 Å². The molecule has 3 aliphatic rings. The number of aromatic hydroxyl groups is 1. The van der Waals surface area contributed by atoms with Crippen LogP contribution in [0.15, 0.2) is 64.0 Å². The molecule has 0 radical (unpaired) electrons. The number of benzene rings is 1. The molecule has 0 aromatic heterocycles. The lowest BCUT2D eigenvalue weighted by Crippen LogP contribution is -2.70. The number of allylic oxidation sites excluding steroid dienone is 2. The van der Waals surface area contributed by atoms with Gasteiger partial charge in [0.1, 0.15) is 39.9 Å². The lowest BCUT2D eigenvalue weighted by atomic mass is 9.97. The average molecular weight is 557 g/mol. The first-order valence-corrected chi connectivity index (χ1v) is 12.7. The number of carbonyl (C=O) groups excluding carboxylic acids is 4. The standard InChI is InChI=1S/C25H24N4O9S/c1-11-10-39-24-19(23(36)29(24)20(11)25(37)38)28-22(35)17(12-2-4-13(31)5-3-12)27-18-15(33)7-6-14(32)16(18)21(34)26-8-9-30/h2-7,17,19,24,30-32H,8-10H2,1H3,(H,26,34)(H,28,35)(H,37,38)/t17-,19-,24-/m1/s1. The second-order valence-corrected chi connectivity index (χ2v) is 9.84. The number of nitrogens with zero attached hydrogens (tertiary/aromatic N) is 2. The van der Waals surface area contributed by atoms with Crippen molar-refractivity contribution in [1.29, 1.82) is 0 Å². The smallest absolute Gasteiger partial charge is 0.352 e. The van der Waals surface area contributed by atoms with Crippen molar-refractivity contribution in [3.63, 3.8) is 0 Å². The lowest BCUT2D eigenvalue weighted by Gasteiger charge is -2.49. The fraction of sp³-hybridized carbons (Fsp3) is 0.280. The Kier molecular flexibility index (Phi) is 7.88. The molecule has 39 heavy (non-hydrogen) atoms. The van der Waals surface area contributed by atoms with E-state index in [4.69, 9.17) is 5.11 Å². The van der Waals surface area contributed by atoms with Gasteiger partial charge in [-0.25, -0.2) is 4.79 Å². The Balaban J connectivity index is 1.68. The van der Waals surface area contributed by atoms with E-state index in [9.17, 15) is 39.3 Å². The molecule has 3 amide bonds. The molecule has 1 aromatic rings. The van der Waals surface area contributed by atoms with Gasteiger partial charge >= 0.3 is 5.97 Å². The summed E-state index contributed by atoms with van der Waals surface area (Å²) in [4.78, 5) is 68.8. The molecule has 1 saturated heterocycles. The maximum Gasteiger partial charge on any atom is 0.352 e. The van der Waals surface area contributed by atoms with Crippen LogP contribution >= 0.6 is 11.8 Å².